The molecule has 0 saturated carbocycles. The number of amides is 1. The number of anilines is 1. The Kier molecular flexibility index (Phi) is 3.78. The highest BCUT2D eigenvalue weighted by molar-refractivity contribution is 6.07. The van der Waals surface area contributed by atoms with E-state index in [0.717, 1.165) is 11.3 Å². The lowest BCUT2D eigenvalue weighted by atomic mass is 10.1. The molecular weight excluding hydrogens is 276 g/mol. The number of benzene rings is 1. The minimum absolute atomic E-state index is 0.0897. The van der Waals surface area contributed by atoms with Crippen LogP contribution >= 0.6 is 0 Å². The van der Waals surface area contributed by atoms with Crippen molar-refractivity contribution in [2.75, 3.05) is 11.4 Å². The summed E-state index contributed by atoms with van der Waals surface area (Å²) in [6, 6.07) is 9.62. The van der Waals surface area contributed by atoms with Gasteiger partial charge >= 0.3 is 0 Å². The van der Waals surface area contributed by atoms with Crippen LogP contribution in [0.5, 0.6) is 0 Å². The Balaban J connectivity index is 1.99. The molecule has 0 spiro atoms. The van der Waals surface area contributed by atoms with Crippen molar-refractivity contribution in [2.24, 2.45) is 0 Å². The minimum Gasteiger partial charge on any atom is -0.309 e. The zero-order valence-electron chi connectivity index (χ0n) is 12.5. The Labute approximate surface area is 128 Å². The summed E-state index contributed by atoms with van der Waals surface area (Å²) in [5.74, 6) is -0.0897. The third-order valence-corrected chi connectivity index (χ3v) is 3.45. The van der Waals surface area contributed by atoms with Crippen molar-refractivity contribution < 1.29 is 4.79 Å². The molecule has 22 heavy (non-hydrogen) atoms. The van der Waals surface area contributed by atoms with E-state index in [-0.39, 0.29) is 5.91 Å². The Morgan fingerprint density at radius 1 is 1.14 bits per heavy atom. The summed E-state index contributed by atoms with van der Waals surface area (Å²) in [6.45, 7) is 4.55. The van der Waals surface area contributed by atoms with Crippen LogP contribution in [0.1, 0.15) is 22.8 Å². The molecule has 0 aliphatic carbocycles. The summed E-state index contributed by atoms with van der Waals surface area (Å²) in [7, 11) is 0. The highest BCUT2D eigenvalue weighted by atomic mass is 16.2. The van der Waals surface area contributed by atoms with Crippen molar-refractivity contribution in [2.45, 2.75) is 13.8 Å². The molecule has 0 radical (unpaired) electrons. The van der Waals surface area contributed by atoms with Gasteiger partial charge in [0.2, 0.25) is 0 Å². The molecule has 1 aromatic carbocycles. The number of hydrogen-bond donors (Lipinski definition) is 0. The summed E-state index contributed by atoms with van der Waals surface area (Å²) >= 11 is 0. The lowest BCUT2D eigenvalue weighted by molar-refractivity contribution is 0.0988. The fraction of sp³-hybridized carbons (Fsp3) is 0.176. The molecule has 0 unspecified atom stereocenters. The molecule has 5 heteroatoms. The van der Waals surface area contributed by atoms with Crippen LogP contribution in [0.25, 0.3) is 11.2 Å². The van der Waals surface area contributed by atoms with Gasteiger partial charge in [0.05, 0.1) is 5.56 Å². The molecule has 0 N–H and O–H groups in total. The van der Waals surface area contributed by atoms with Crippen LogP contribution in [0.2, 0.25) is 0 Å². The third kappa shape index (κ3) is 2.65. The topological polar surface area (TPSA) is 59.0 Å². The summed E-state index contributed by atoms with van der Waals surface area (Å²) in [4.78, 5) is 27.0. The Morgan fingerprint density at radius 3 is 2.73 bits per heavy atom. The smallest absolute Gasteiger partial charge is 0.259 e. The number of fused-ring (bicyclic) bond motifs is 1. The number of aryl methyl sites for hydroxylation is 1. The molecule has 0 aliphatic rings. The zero-order chi connectivity index (χ0) is 15.5. The fourth-order valence-electron chi connectivity index (χ4n) is 2.37. The molecule has 2 aromatic heterocycles. The predicted octanol–water partition coefficient (Wildman–Crippen LogP) is 3.00. The number of carbonyl (C=O) groups excluding carboxylic acids is 1. The quantitative estimate of drug-likeness (QED) is 0.744. The maximum Gasteiger partial charge on any atom is 0.259 e. The van der Waals surface area contributed by atoms with Gasteiger partial charge in [-0.1, -0.05) is 12.1 Å². The van der Waals surface area contributed by atoms with E-state index in [9.17, 15) is 4.79 Å². The van der Waals surface area contributed by atoms with Crippen LogP contribution in [-0.4, -0.2) is 27.4 Å². The second-order valence-corrected chi connectivity index (χ2v) is 5.01. The fourth-order valence-corrected chi connectivity index (χ4v) is 2.37. The summed E-state index contributed by atoms with van der Waals surface area (Å²) in [5, 5.41) is 0. The van der Waals surface area contributed by atoms with Crippen LogP contribution in [0.4, 0.5) is 5.69 Å². The van der Waals surface area contributed by atoms with Crippen LogP contribution in [-0.2, 0) is 0 Å². The van der Waals surface area contributed by atoms with Crippen molar-refractivity contribution in [1.82, 2.24) is 15.0 Å². The van der Waals surface area contributed by atoms with E-state index in [1.54, 1.807) is 29.6 Å². The zero-order valence-corrected chi connectivity index (χ0v) is 12.5. The van der Waals surface area contributed by atoms with Gasteiger partial charge in [-0.05, 0) is 37.6 Å². The average molecular weight is 292 g/mol. The molecule has 0 saturated heterocycles. The van der Waals surface area contributed by atoms with Crippen molar-refractivity contribution >= 4 is 22.8 Å². The maximum atomic E-state index is 12.8. The van der Waals surface area contributed by atoms with Crippen LogP contribution in [0.3, 0.4) is 0 Å². The maximum absolute atomic E-state index is 12.8. The van der Waals surface area contributed by atoms with Crippen molar-refractivity contribution in [3.05, 3.63) is 60.0 Å². The summed E-state index contributed by atoms with van der Waals surface area (Å²) in [5.41, 5.74) is 3.67. The number of pyridine rings is 1. The SMILES string of the molecule is CCN(C(=O)c1cnc2nccnc2c1)c1cccc(C)c1. The number of carbonyl (C=O) groups is 1. The molecule has 0 aliphatic heterocycles. The first-order valence-corrected chi connectivity index (χ1v) is 7.14. The Bertz CT molecular complexity index is 832. The summed E-state index contributed by atoms with van der Waals surface area (Å²) in [6.07, 6.45) is 4.73. The van der Waals surface area contributed by atoms with Gasteiger partial charge in [-0.25, -0.2) is 9.97 Å². The summed E-state index contributed by atoms with van der Waals surface area (Å²) < 4.78 is 0. The van der Waals surface area contributed by atoms with Gasteiger partial charge in [-0.15, -0.1) is 0 Å². The van der Waals surface area contributed by atoms with Crippen LogP contribution < -0.4 is 4.90 Å². The van der Waals surface area contributed by atoms with E-state index in [0.29, 0.717) is 23.3 Å². The monoisotopic (exact) mass is 292 g/mol. The first kappa shape index (κ1) is 14.1. The van der Waals surface area contributed by atoms with Crippen molar-refractivity contribution in [3.63, 3.8) is 0 Å². The minimum atomic E-state index is -0.0897. The van der Waals surface area contributed by atoms with Gasteiger partial charge in [0.1, 0.15) is 5.52 Å². The van der Waals surface area contributed by atoms with Gasteiger partial charge in [-0.2, -0.15) is 0 Å². The second-order valence-electron chi connectivity index (χ2n) is 5.01. The van der Waals surface area contributed by atoms with Gasteiger partial charge in [0.15, 0.2) is 5.65 Å². The highest BCUT2D eigenvalue weighted by Crippen LogP contribution is 2.19. The van der Waals surface area contributed by atoms with Crippen molar-refractivity contribution in [1.29, 1.82) is 0 Å². The molecule has 0 bridgehead atoms. The van der Waals surface area contributed by atoms with Gasteiger partial charge in [0, 0.05) is 30.8 Å². The molecule has 3 rings (SSSR count). The van der Waals surface area contributed by atoms with Crippen LogP contribution in [0, 0.1) is 6.92 Å². The van der Waals surface area contributed by atoms with E-state index in [4.69, 9.17) is 0 Å². The lowest BCUT2D eigenvalue weighted by Crippen LogP contribution is -2.30. The molecule has 5 nitrogen and oxygen atoms in total. The lowest BCUT2D eigenvalue weighted by Gasteiger charge is -2.21. The molecule has 110 valence electrons. The van der Waals surface area contributed by atoms with E-state index in [1.165, 1.54) is 0 Å². The first-order chi connectivity index (χ1) is 10.7. The van der Waals surface area contributed by atoms with Crippen molar-refractivity contribution in [3.8, 4) is 0 Å². The third-order valence-electron chi connectivity index (χ3n) is 3.45. The number of nitrogens with zero attached hydrogens (tertiary/aromatic N) is 4. The van der Waals surface area contributed by atoms with Gasteiger partial charge in [-0.3, -0.25) is 9.78 Å². The van der Waals surface area contributed by atoms with Gasteiger partial charge < -0.3 is 4.90 Å². The number of hydrogen-bond acceptors (Lipinski definition) is 4. The standard InChI is InChI=1S/C17H16N4O/c1-3-21(14-6-4-5-12(2)9-14)17(22)13-10-15-16(20-11-13)19-8-7-18-15/h4-11H,3H2,1-2H3. The van der Waals surface area contributed by atoms with Crippen LogP contribution in [0.15, 0.2) is 48.9 Å². The Hall–Kier alpha value is -2.82. The second kappa shape index (κ2) is 5.89. The molecule has 3 aromatic rings. The van der Waals surface area contributed by atoms with E-state index in [1.807, 2.05) is 38.1 Å². The average Bonchev–Trinajstić information content (AvgIpc) is 2.55. The van der Waals surface area contributed by atoms with E-state index < -0.39 is 0 Å². The van der Waals surface area contributed by atoms with E-state index in [2.05, 4.69) is 15.0 Å². The highest BCUT2D eigenvalue weighted by Gasteiger charge is 2.17. The molecule has 1 amide bonds. The predicted molar refractivity (Wildman–Crippen MR) is 85.9 cm³/mol. The molecule has 0 atom stereocenters. The molecule has 0 fully saturated rings. The Morgan fingerprint density at radius 2 is 1.95 bits per heavy atom. The number of rotatable bonds is 3. The number of aromatic nitrogens is 3. The van der Waals surface area contributed by atoms with E-state index >= 15 is 0 Å². The molecule has 2 heterocycles. The molecular formula is C17H16N4O. The largest absolute Gasteiger partial charge is 0.309 e. The van der Waals surface area contributed by atoms with Gasteiger partial charge in [0.25, 0.3) is 5.91 Å². The normalized spacial score (nSPS) is 10.6. The first-order valence-electron chi connectivity index (χ1n) is 7.14.